The molecule has 10 heteroatoms. The van der Waals surface area contributed by atoms with E-state index in [0.717, 1.165) is 0 Å². The standard InChI is InChI=1S/C9H14F3O6P/c1-3-17-19(14,15)18-6-4-5-16-8(13)7(2)9(10,11)12/h2-6H2,1H3,(H,14,15)/p-1. The molecule has 0 radical (unpaired) electrons. The van der Waals surface area contributed by atoms with Crippen LogP contribution in [0.5, 0.6) is 0 Å². The Morgan fingerprint density at radius 1 is 1.32 bits per heavy atom. The summed E-state index contributed by atoms with van der Waals surface area (Å²) in [5.74, 6) is -1.61. The summed E-state index contributed by atoms with van der Waals surface area (Å²) in [6.07, 6.45) is -4.95. The summed E-state index contributed by atoms with van der Waals surface area (Å²) in [7, 11) is -4.39. The van der Waals surface area contributed by atoms with Crippen molar-refractivity contribution < 1.29 is 41.2 Å². The summed E-state index contributed by atoms with van der Waals surface area (Å²) in [4.78, 5) is 21.7. The lowest BCUT2D eigenvalue weighted by atomic mass is 10.3. The van der Waals surface area contributed by atoms with Gasteiger partial charge in [0, 0.05) is 6.42 Å². The number of phosphoric ester groups is 1. The van der Waals surface area contributed by atoms with Gasteiger partial charge >= 0.3 is 12.1 Å². The summed E-state index contributed by atoms with van der Waals surface area (Å²) >= 11 is 0. The van der Waals surface area contributed by atoms with Gasteiger partial charge in [-0.3, -0.25) is 4.57 Å². The molecule has 0 aromatic carbocycles. The Morgan fingerprint density at radius 2 is 1.89 bits per heavy atom. The average Bonchev–Trinajstić information content (AvgIpc) is 2.25. The number of carbonyl (C=O) groups excluding carboxylic acids is 1. The van der Waals surface area contributed by atoms with E-state index in [1.165, 1.54) is 6.92 Å². The third-order valence-electron chi connectivity index (χ3n) is 1.65. The van der Waals surface area contributed by atoms with Crippen LogP contribution in [0.4, 0.5) is 13.2 Å². The molecule has 0 saturated heterocycles. The second-order valence-electron chi connectivity index (χ2n) is 3.16. The van der Waals surface area contributed by atoms with Crippen molar-refractivity contribution >= 4 is 13.8 Å². The van der Waals surface area contributed by atoms with E-state index in [1.54, 1.807) is 0 Å². The molecule has 6 nitrogen and oxygen atoms in total. The third kappa shape index (κ3) is 7.99. The van der Waals surface area contributed by atoms with Crippen molar-refractivity contribution in [3.8, 4) is 0 Å². The molecule has 0 N–H and O–H groups in total. The van der Waals surface area contributed by atoms with Crippen LogP contribution >= 0.6 is 7.82 Å². The Balaban J connectivity index is 3.86. The summed E-state index contributed by atoms with van der Waals surface area (Å²) in [5, 5.41) is 0. The predicted octanol–water partition coefficient (Wildman–Crippen LogP) is 1.56. The largest absolute Gasteiger partial charge is 0.756 e. The normalized spacial score (nSPS) is 14.8. The van der Waals surface area contributed by atoms with Gasteiger partial charge in [-0.05, 0) is 6.92 Å². The van der Waals surface area contributed by atoms with E-state index in [1.807, 2.05) is 0 Å². The van der Waals surface area contributed by atoms with Crippen LogP contribution in [0.1, 0.15) is 13.3 Å². The molecular formula is C9H13F3O6P-. The van der Waals surface area contributed by atoms with Crippen LogP contribution in [0.25, 0.3) is 0 Å². The van der Waals surface area contributed by atoms with Gasteiger partial charge < -0.3 is 18.7 Å². The van der Waals surface area contributed by atoms with Crippen LogP contribution in [0.15, 0.2) is 12.2 Å². The molecule has 0 heterocycles. The maximum atomic E-state index is 12.0. The minimum absolute atomic E-state index is 0.0961. The maximum Gasteiger partial charge on any atom is 0.422 e. The molecule has 0 amide bonds. The lowest BCUT2D eigenvalue weighted by molar-refractivity contribution is -0.225. The topological polar surface area (TPSA) is 84.9 Å². The second-order valence-corrected chi connectivity index (χ2v) is 4.57. The third-order valence-corrected chi connectivity index (χ3v) is 2.72. The molecule has 1 atom stereocenters. The van der Waals surface area contributed by atoms with E-state index in [9.17, 15) is 27.4 Å². The fourth-order valence-electron chi connectivity index (χ4n) is 0.798. The van der Waals surface area contributed by atoms with Crippen LogP contribution in [0, 0.1) is 0 Å². The highest BCUT2D eigenvalue weighted by Crippen LogP contribution is 2.37. The number of rotatable bonds is 8. The molecule has 0 bridgehead atoms. The van der Waals surface area contributed by atoms with Gasteiger partial charge in [0.05, 0.1) is 19.8 Å². The highest BCUT2D eigenvalue weighted by atomic mass is 31.2. The van der Waals surface area contributed by atoms with Crippen LogP contribution < -0.4 is 4.89 Å². The van der Waals surface area contributed by atoms with E-state index in [0.29, 0.717) is 0 Å². The Hall–Kier alpha value is -0.890. The molecule has 0 aliphatic heterocycles. The zero-order chi connectivity index (χ0) is 15.1. The van der Waals surface area contributed by atoms with Crippen molar-refractivity contribution in [1.29, 1.82) is 0 Å². The SMILES string of the molecule is C=C(C(=O)OCCCOP(=O)([O-])OCC)C(F)(F)F. The predicted molar refractivity (Wildman–Crippen MR) is 56.0 cm³/mol. The Bertz CT molecular complexity index is 367. The zero-order valence-corrected chi connectivity index (χ0v) is 11.0. The van der Waals surface area contributed by atoms with Gasteiger partial charge in [0.25, 0.3) is 7.82 Å². The Morgan fingerprint density at radius 3 is 2.37 bits per heavy atom. The molecule has 0 saturated carbocycles. The first kappa shape index (κ1) is 18.1. The summed E-state index contributed by atoms with van der Waals surface area (Å²) in [6, 6.07) is 0. The molecule has 19 heavy (non-hydrogen) atoms. The lowest BCUT2D eigenvalue weighted by Crippen LogP contribution is -2.21. The number of ether oxygens (including phenoxy) is 1. The molecule has 0 aliphatic rings. The van der Waals surface area contributed by atoms with Crippen molar-refractivity contribution in [2.45, 2.75) is 19.5 Å². The van der Waals surface area contributed by atoms with E-state index < -0.39 is 32.1 Å². The van der Waals surface area contributed by atoms with Gasteiger partial charge in [-0.15, -0.1) is 0 Å². The van der Waals surface area contributed by atoms with Crippen LogP contribution in [0.2, 0.25) is 0 Å². The van der Waals surface area contributed by atoms with E-state index in [-0.39, 0.29) is 19.6 Å². The molecule has 0 fully saturated rings. The van der Waals surface area contributed by atoms with E-state index in [4.69, 9.17) is 0 Å². The van der Waals surface area contributed by atoms with Gasteiger partial charge in [-0.2, -0.15) is 13.2 Å². The molecule has 0 aliphatic carbocycles. The van der Waals surface area contributed by atoms with Crippen molar-refractivity contribution in [2.24, 2.45) is 0 Å². The number of phosphoric acid groups is 1. The number of carbonyl (C=O) groups is 1. The fraction of sp³-hybridized carbons (Fsp3) is 0.667. The summed E-state index contributed by atoms with van der Waals surface area (Å²) < 4.78 is 59.7. The molecule has 1 unspecified atom stereocenters. The number of hydrogen-bond donors (Lipinski definition) is 0. The van der Waals surface area contributed by atoms with E-state index in [2.05, 4.69) is 20.4 Å². The highest BCUT2D eigenvalue weighted by molar-refractivity contribution is 7.45. The molecular weight excluding hydrogens is 292 g/mol. The molecule has 0 rings (SSSR count). The smallest absolute Gasteiger partial charge is 0.422 e. The van der Waals surface area contributed by atoms with Gasteiger partial charge in [0.2, 0.25) is 0 Å². The minimum Gasteiger partial charge on any atom is -0.756 e. The quantitative estimate of drug-likeness (QED) is 0.293. The number of hydrogen-bond acceptors (Lipinski definition) is 6. The monoisotopic (exact) mass is 305 g/mol. The average molecular weight is 305 g/mol. The number of halogens is 3. The van der Waals surface area contributed by atoms with Crippen molar-refractivity contribution in [1.82, 2.24) is 0 Å². The summed E-state index contributed by atoms with van der Waals surface area (Å²) in [6.45, 7) is 3.09. The maximum absolute atomic E-state index is 12.0. The highest BCUT2D eigenvalue weighted by Gasteiger charge is 2.37. The summed E-state index contributed by atoms with van der Waals surface area (Å²) in [5.41, 5.74) is -1.63. The fourth-order valence-corrected chi connectivity index (χ4v) is 1.54. The number of esters is 1. The van der Waals surface area contributed by atoms with Gasteiger partial charge in [-0.25, -0.2) is 4.79 Å². The first-order valence-electron chi connectivity index (χ1n) is 5.13. The van der Waals surface area contributed by atoms with Gasteiger partial charge in [-0.1, -0.05) is 6.58 Å². The molecule has 0 aromatic heterocycles. The Labute approximate surface area is 107 Å². The minimum atomic E-state index is -4.85. The molecule has 0 spiro atoms. The Kier molecular flexibility index (Phi) is 7.28. The first-order chi connectivity index (χ1) is 8.60. The second kappa shape index (κ2) is 7.64. The van der Waals surface area contributed by atoms with Gasteiger partial charge in [0.1, 0.15) is 5.57 Å². The lowest BCUT2D eigenvalue weighted by Gasteiger charge is -2.21. The van der Waals surface area contributed by atoms with Crippen molar-refractivity contribution in [2.75, 3.05) is 19.8 Å². The molecule has 0 aromatic rings. The molecule has 112 valence electrons. The zero-order valence-electron chi connectivity index (χ0n) is 10.1. The van der Waals surface area contributed by atoms with Crippen LogP contribution in [-0.2, 0) is 23.1 Å². The van der Waals surface area contributed by atoms with Crippen molar-refractivity contribution in [3.63, 3.8) is 0 Å². The van der Waals surface area contributed by atoms with Crippen LogP contribution in [0.3, 0.4) is 0 Å². The van der Waals surface area contributed by atoms with Crippen molar-refractivity contribution in [3.05, 3.63) is 12.2 Å². The number of alkyl halides is 3. The van der Waals surface area contributed by atoms with E-state index >= 15 is 0 Å². The van der Waals surface area contributed by atoms with Crippen LogP contribution in [-0.4, -0.2) is 32.0 Å². The first-order valence-corrected chi connectivity index (χ1v) is 6.59. The van der Waals surface area contributed by atoms with Gasteiger partial charge in [0.15, 0.2) is 0 Å².